The van der Waals surface area contributed by atoms with Crippen LogP contribution in [0.1, 0.15) is 54.0 Å². The maximum atomic E-state index is 13.2. The number of aryl methyl sites for hydroxylation is 1. The van der Waals surface area contributed by atoms with Gasteiger partial charge in [0.2, 0.25) is 5.91 Å². The van der Waals surface area contributed by atoms with E-state index < -0.39 is 0 Å². The van der Waals surface area contributed by atoms with E-state index in [4.69, 9.17) is 9.47 Å². The minimum atomic E-state index is -0.154. The molecule has 0 unspecified atom stereocenters. The topological polar surface area (TPSA) is 76.6 Å². The Labute approximate surface area is 209 Å². The van der Waals surface area contributed by atoms with Gasteiger partial charge in [-0.25, -0.2) is 4.98 Å². The van der Waals surface area contributed by atoms with Gasteiger partial charge in [0.25, 0.3) is 0 Å². The van der Waals surface area contributed by atoms with E-state index in [1.807, 2.05) is 24.4 Å². The third-order valence-electron chi connectivity index (χ3n) is 7.68. The molecule has 184 valence electrons. The highest BCUT2D eigenvalue weighted by atomic mass is 32.1. The lowest BCUT2D eigenvalue weighted by molar-refractivity contribution is -0.122. The molecule has 3 aliphatic rings. The van der Waals surface area contributed by atoms with Crippen molar-refractivity contribution in [2.24, 2.45) is 0 Å². The van der Waals surface area contributed by atoms with Crippen molar-refractivity contribution in [3.63, 3.8) is 0 Å². The molecule has 0 spiro atoms. The number of pyridine rings is 2. The summed E-state index contributed by atoms with van der Waals surface area (Å²) < 4.78 is 12.1. The Morgan fingerprint density at radius 3 is 2.80 bits per heavy atom. The largest absolute Gasteiger partial charge is 0.490 e. The third-order valence-corrected chi connectivity index (χ3v) is 8.85. The normalized spacial score (nSPS) is 24.9. The molecule has 8 heteroatoms. The zero-order valence-electron chi connectivity index (χ0n) is 19.9. The third kappa shape index (κ3) is 4.79. The van der Waals surface area contributed by atoms with Crippen molar-refractivity contribution in [2.45, 2.75) is 63.1 Å². The van der Waals surface area contributed by atoms with Gasteiger partial charge in [-0.1, -0.05) is 6.07 Å². The van der Waals surface area contributed by atoms with Crippen LogP contribution < -0.4 is 10.1 Å². The molecular weight excluding hydrogens is 460 g/mol. The second-order valence-corrected chi connectivity index (χ2v) is 10.9. The monoisotopic (exact) mass is 492 g/mol. The van der Waals surface area contributed by atoms with Gasteiger partial charge in [-0.15, -0.1) is 11.3 Å². The fourth-order valence-corrected chi connectivity index (χ4v) is 7.10. The average molecular weight is 493 g/mol. The predicted molar refractivity (Wildman–Crippen MR) is 136 cm³/mol. The number of rotatable bonds is 6. The van der Waals surface area contributed by atoms with E-state index in [1.54, 1.807) is 23.7 Å². The van der Waals surface area contributed by atoms with Crippen LogP contribution in [-0.2, 0) is 22.5 Å². The molecule has 0 bridgehead atoms. The first-order valence-corrected chi connectivity index (χ1v) is 13.6. The van der Waals surface area contributed by atoms with Crippen molar-refractivity contribution in [2.75, 3.05) is 26.3 Å². The maximum Gasteiger partial charge on any atom is 0.227 e. The minimum Gasteiger partial charge on any atom is -0.490 e. The summed E-state index contributed by atoms with van der Waals surface area (Å²) in [5.74, 6) is 0.821. The SMILES string of the molecule is O=C(NCc1cccnc1)[C@H]1CCc2sc3nccc(OC4CCC(N5CCOCC5)CC4)c3c21. The molecule has 2 fully saturated rings. The van der Waals surface area contributed by atoms with E-state index in [0.717, 1.165) is 79.1 Å². The predicted octanol–water partition coefficient (Wildman–Crippen LogP) is 4.06. The van der Waals surface area contributed by atoms with E-state index in [1.165, 1.54) is 17.7 Å². The summed E-state index contributed by atoms with van der Waals surface area (Å²) in [4.78, 5) is 26.8. The first kappa shape index (κ1) is 22.9. The number of fused-ring (bicyclic) bond motifs is 3. The molecule has 1 aliphatic heterocycles. The lowest BCUT2D eigenvalue weighted by atomic mass is 9.91. The molecule has 0 radical (unpaired) electrons. The molecular formula is C27H32N4O3S. The number of thiophene rings is 1. The van der Waals surface area contributed by atoms with Crippen LogP contribution >= 0.6 is 11.3 Å². The zero-order chi connectivity index (χ0) is 23.6. The number of morpholine rings is 1. The number of hydrogen-bond donors (Lipinski definition) is 1. The van der Waals surface area contributed by atoms with Crippen LogP contribution in [0, 0.1) is 0 Å². The quantitative estimate of drug-likeness (QED) is 0.559. The van der Waals surface area contributed by atoms with Gasteiger partial charge in [-0.2, -0.15) is 0 Å². The van der Waals surface area contributed by atoms with E-state index in [9.17, 15) is 4.79 Å². The number of ether oxygens (including phenoxy) is 2. The van der Waals surface area contributed by atoms with Crippen LogP contribution in [-0.4, -0.2) is 59.2 Å². The van der Waals surface area contributed by atoms with Crippen molar-refractivity contribution >= 4 is 27.5 Å². The number of carbonyl (C=O) groups excluding carboxylic acids is 1. The van der Waals surface area contributed by atoms with Crippen LogP contribution in [0.4, 0.5) is 0 Å². The van der Waals surface area contributed by atoms with Gasteiger partial charge in [0.1, 0.15) is 10.6 Å². The Balaban J connectivity index is 1.16. The van der Waals surface area contributed by atoms with Crippen LogP contribution in [0.2, 0.25) is 0 Å². The summed E-state index contributed by atoms with van der Waals surface area (Å²) in [6.07, 6.45) is 11.8. The van der Waals surface area contributed by atoms with Crippen LogP contribution in [0.15, 0.2) is 36.8 Å². The molecule has 3 aromatic heterocycles. The Bertz CT molecular complexity index is 1170. The Morgan fingerprint density at radius 1 is 1.14 bits per heavy atom. The van der Waals surface area contributed by atoms with Crippen LogP contribution in [0.5, 0.6) is 5.75 Å². The fraction of sp³-hybridized carbons (Fsp3) is 0.519. The fourth-order valence-electron chi connectivity index (χ4n) is 5.86. The van der Waals surface area contributed by atoms with Crippen molar-refractivity contribution in [3.05, 3.63) is 52.8 Å². The van der Waals surface area contributed by atoms with Gasteiger partial charge < -0.3 is 14.8 Å². The van der Waals surface area contributed by atoms with Gasteiger partial charge >= 0.3 is 0 Å². The standard InChI is InChI=1S/C27H32N4O3S/c32-26(30-17-18-2-1-10-28-16-18)21-7-8-23-24(21)25-22(9-11-29-27(25)35-23)34-20-5-3-19(4-6-20)31-12-14-33-15-13-31/h1-2,9-11,16,19-21H,3-8,12-15,17H2,(H,30,32)/t19?,20?,21-/m0/s1. The summed E-state index contributed by atoms with van der Waals surface area (Å²) in [5.41, 5.74) is 2.14. The highest BCUT2D eigenvalue weighted by Gasteiger charge is 2.35. The molecule has 7 nitrogen and oxygen atoms in total. The highest BCUT2D eigenvalue weighted by Crippen LogP contribution is 2.47. The van der Waals surface area contributed by atoms with Crippen molar-refractivity contribution in [1.29, 1.82) is 0 Å². The van der Waals surface area contributed by atoms with Gasteiger partial charge in [0.05, 0.1) is 30.6 Å². The van der Waals surface area contributed by atoms with Crippen LogP contribution in [0.25, 0.3) is 10.2 Å². The Morgan fingerprint density at radius 2 is 2.00 bits per heavy atom. The van der Waals surface area contributed by atoms with Crippen molar-refractivity contribution < 1.29 is 14.3 Å². The molecule has 6 rings (SSSR count). The molecule has 1 N–H and O–H groups in total. The second-order valence-electron chi connectivity index (χ2n) is 9.80. The minimum absolute atomic E-state index is 0.0770. The number of hydrogen-bond acceptors (Lipinski definition) is 7. The summed E-state index contributed by atoms with van der Waals surface area (Å²) in [7, 11) is 0. The second kappa shape index (κ2) is 10.2. The molecule has 1 atom stereocenters. The number of carbonyl (C=O) groups is 1. The molecule has 35 heavy (non-hydrogen) atoms. The smallest absolute Gasteiger partial charge is 0.227 e. The highest BCUT2D eigenvalue weighted by molar-refractivity contribution is 7.19. The van der Waals surface area contributed by atoms with Gasteiger partial charge in [0.15, 0.2) is 0 Å². The first-order chi connectivity index (χ1) is 17.3. The molecule has 2 aliphatic carbocycles. The average Bonchev–Trinajstić information content (AvgIpc) is 3.49. The van der Waals surface area contributed by atoms with E-state index >= 15 is 0 Å². The summed E-state index contributed by atoms with van der Waals surface area (Å²) in [6, 6.07) is 6.52. The zero-order valence-corrected chi connectivity index (χ0v) is 20.8. The lowest BCUT2D eigenvalue weighted by Gasteiger charge is -2.38. The number of aromatic nitrogens is 2. The van der Waals surface area contributed by atoms with Crippen molar-refractivity contribution in [3.8, 4) is 5.75 Å². The summed E-state index contributed by atoms with van der Waals surface area (Å²) in [6.45, 7) is 4.30. The van der Waals surface area contributed by atoms with E-state index in [0.29, 0.717) is 12.6 Å². The summed E-state index contributed by atoms with van der Waals surface area (Å²) >= 11 is 1.72. The molecule has 1 amide bonds. The van der Waals surface area contributed by atoms with Gasteiger partial charge in [-0.05, 0) is 61.8 Å². The lowest BCUT2D eigenvalue weighted by Crippen LogP contribution is -2.46. The molecule has 3 aromatic rings. The van der Waals surface area contributed by atoms with Gasteiger partial charge in [0, 0.05) is 49.1 Å². The van der Waals surface area contributed by atoms with Crippen LogP contribution in [0.3, 0.4) is 0 Å². The Hall–Kier alpha value is -2.55. The summed E-state index contributed by atoms with van der Waals surface area (Å²) in [5, 5.41) is 4.18. The Kier molecular flexibility index (Phi) is 6.67. The first-order valence-electron chi connectivity index (χ1n) is 12.8. The van der Waals surface area contributed by atoms with Gasteiger partial charge in [-0.3, -0.25) is 14.7 Å². The van der Waals surface area contributed by atoms with E-state index in [-0.39, 0.29) is 17.9 Å². The van der Waals surface area contributed by atoms with E-state index in [2.05, 4.69) is 20.2 Å². The number of amides is 1. The number of nitrogens with zero attached hydrogens (tertiary/aromatic N) is 3. The molecule has 1 saturated heterocycles. The molecule has 0 aromatic carbocycles. The molecule has 4 heterocycles. The number of nitrogens with one attached hydrogen (secondary N) is 1. The maximum absolute atomic E-state index is 13.2. The van der Waals surface area contributed by atoms with Crippen molar-refractivity contribution in [1.82, 2.24) is 20.2 Å². The molecule has 1 saturated carbocycles.